The lowest BCUT2D eigenvalue weighted by atomic mass is 10.1. The zero-order valence-corrected chi connectivity index (χ0v) is 17.5. The number of carbonyl (C=O) groups is 1. The average Bonchev–Trinajstić information content (AvgIpc) is 3.17. The lowest BCUT2D eigenvalue weighted by Gasteiger charge is -2.24. The molecule has 1 unspecified atom stereocenters. The molecule has 150 valence electrons. The summed E-state index contributed by atoms with van der Waals surface area (Å²) in [6.45, 7) is 1.67. The van der Waals surface area contributed by atoms with E-state index in [1.807, 2.05) is 18.2 Å². The minimum absolute atomic E-state index is 0.0696. The Morgan fingerprint density at radius 2 is 1.86 bits per heavy atom. The summed E-state index contributed by atoms with van der Waals surface area (Å²) in [5.41, 5.74) is 1.61. The monoisotopic (exact) mass is 422 g/mol. The van der Waals surface area contributed by atoms with Crippen LogP contribution in [0.4, 0.5) is 5.69 Å². The van der Waals surface area contributed by atoms with Gasteiger partial charge < -0.3 is 14.8 Å². The predicted molar refractivity (Wildman–Crippen MR) is 113 cm³/mol. The van der Waals surface area contributed by atoms with Crippen LogP contribution in [0.15, 0.2) is 36.4 Å². The Kier molecular flexibility index (Phi) is 7.05. The van der Waals surface area contributed by atoms with Crippen LogP contribution in [-0.2, 0) is 11.2 Å². The number of nitrogens with one attached hydrogen (secondary N) is 1. The smallest absolute Gasteiger partial charge is 0.241 e. The molecule has 1 fully saturated rings. The van der Waals surface area contributed by atoms with Gasteiger partial charge >= 0.3 is 0 Å². The van der Waals surface area contributed by atoms with E-state index in [9.17, 15) is 4.79 Å². The number of methoxy groups -OCH3 is 2. The molecule has 0 aromatic heterocycles. The molecular weight excluding hydrogens is 399 g/mol. The third kappa shape index (κ3) is 4.72. The second-order valence-corrected chi connectivity index (χ2v) is 7.53. The van der Waals surface area contributed by atoms with Crippen LogP contribution >= 0.6 is 23.2 Å². The molecule has 2 aromatic rings. The molecule has 1 atom stereocenters. The molecule has 1 amide bonds. The minimum Gasteiger partial charge on any atom is -0.493 e. The van der Waals surface area contributed by atoms with Gasteiger partial charge in [0.1, 0.15) is 0 Å². The van der Waals surface area contributed by atoms with Crippen molar-refractivity contribution in [3.05, 3.63) is 52.0 Å². The topological polar surface area (TPSA) is 50.8 Å². The zero-order valence-electron chi connectivity index (χ0n) is 16.0. The van der Waals surface area contributed by atoms with Gasteiger partial charge in [-0.25, -0.2) is 0 Å². The lowest BCUT2D eigenvalue weighted by Crippen LogP contribution is -2.40. The third-order valence-corrected chi connectivity index (χ3v) is 5.64. The van der Waals surface area contributed by atoms with Crippen LogP contribution in [-0.4, -0.2) is 44.2 Å². The molecule has 5 nitrogen and oxygen atoms in total. The average molecular weight is 423 g/mol. The Labute approximate surface area is 175 Å². The molecule has 0 bridgehead atoms. The second kappa shape index (κ2) is 9.50. The van der Waals surface area contributed by atoms with Gasteiger partial charge in [0.15, 0.2) is 11.5 Å². The quantitative estimate of drug-likeness (QED) is 0.704. The Bertz CT molecular complexity index is 824. The minimum atomic E-state index is -0.188. The summed E-state index contributed by atoms with van der Waals surface area (Å²) in [7, 11) is 3.25. The van der Waals surface area contributed by atoms with Gasteiger partial charge in [-0.2, -0.15) is 0 Å². The molecule has 0 aliphatic carbocycles. The highest BCUT2D eigenvalue weighted by molar-refractivity contribution is 6.39. The van der Waals surface area contributed by atoms with Crippen LogP contribution in [0.5, 0.6) is 11.5 Å². The van der Waals surface area contributed by atoms with Crippen molar-refractivity contribution >= 4 is 34.8 Å². The van der Waals surface area contributed by atoms with Crippen molar-refractivity contribution in [2.45, 2.75) is 25.3 Å². The van der Waals surface area contributed by atoms with Crippen molar-refractivity contribution in [3.8, 4) is 11.5 Å². The number of halogens is 2. The Hall–Kier alpha value is -1.95. The molecule has 0 radical (unpaired) electrons. The summed E-state index contributed by atoms with van der Waals surface area (Å²) in [6, 6.07) is 10.9. The van der Waals surface area contributed by atoms with Crippen LogP contribution in [0.1, 0.15) is 18.4 Å². The number of nitrogens with zero attached hydrogens (tertiary/aromatic N) is 1. The van der Waals surface area contributed by atoms with Crippen LogP contribution < -0.4 is 14.8 Å². The van der Waals surface area contributed by atoms with E-state index < -0.39 is 0 Å². The number of rotatable bonds is 7. The summed E-state index contributed by atoms with van der Waals surface area (Å²) in [6.07, 6.45) is 2.62. The largest absolute Gasteiger partial charge is 0.493 e. The number of ether oxygens (including phenoxy) is 2. The molecule has 0 spiro atoms. The number of amides is 1. The first-order valence-corrected chi connectivity index (χ1v) is 9.99. The van der Waals surface area contributed by atoms with E-state index in [-0.39, 0.29) is 11.9 Å². The first kappa shape index (κ1) is 20.8. The van der Waals surface area contributed by atoms with E-state index in [4.69, 9.17) is 32.7 Å². The van der Waals surface area contributed by atoms with Crippen molar-refractivity contribution < 1.29 is 14.3 Å². The van der Waals surface area contributed by atoms with E-state index in [0.717, 1.165) is 37.9 Å². The molecular formula is C21H24Cl2N2O3. The number of hydrogen-bond donors (Lipinski definition) is 1. The van der Waals surface area contributed by atoms with Gasteiger partial charge in [0.2, 0.25) is 5.91 Å². The van der Waals surface area contributed by atoms with Crippen LogP contribution in [0, 0.1) is 0 Å². The first-order valence-electron chi connectivity index (χ1n) is 9.23. The lowest BCUT2D eigenvalue weighted by molar-refractivity contribution is -0.120. The standard InChI is InChI=1S/C21H24Cl2N2O3/c1-27-18-9-8-14(13-19(18)28-2)10-12-25-11-4-7-17(25)21(26)24-20-15(22)5-3-6-16(20)23/h3,5-6,8-9,13,17H,4,7,10-12H2,1-2H3,(H,24,26). The predicted octanol–water partition coefficient (Wildman–Crippen LogP) is 4.66. The van der Waals surface area contributed by atoms with Crippen LogP contribution in [0.25, 0.3) is 0 Å². The van der Waals surface area contributed by atoms with Gasteiger partial charge in [0.05, 0.1) is 36.0 Å². The maximum absolute atomic E-state index is 12.8. The van der Waals surface area contributed by atoms with Gasteiger partial charge in [-0.15, -0.1) is 0 Å². The van der Waals surface area contributed by atoms with E-state index in [2.05, 4.69) is 10.2 Å². The maximum Gasteiger partial charge on any atom is 0.241 e. The highest BCUT2D eigenvalue weighted by Crippen LogP contribution is 2.31. The van der Waals surface area contributed by atoms with Crippen LogP contribution in [0.3, 0.4) is 0 Å². The summed E-state index contributed by atoms with van der Waals surface area (Å²) in [4.78, 5) is 15.0. The summed E-state index contributed by atoms with van der Waals surface area (Å²) in [5, 5.41) is 3.78. The zero-order chi connectivity index (χ0) is 20.1. The molecule has 1 saturated heterocycles. The van der Waals surface area contributed by atoms with E-state index in [0.29, 0.717) is 27.2 Å². The van der Waals surface area contributed by atoms with Crippen LogP contribution in [0.2, 0.25) is 10.0 Å². The third-order valence-electron chi connectivity index (χ3n) is 5.01. The molecule has 28 heavy (non-hydrogen) atoms. The van der Waals surface area contributed by atoms with Gasteiger partial charge in [-0.3, -0.25) is 9.69 Å². The highest BCUT2D eigenvalue weighted by atomic mass is 35.5. The van der Waals surface area contributed by atoms with Crippen molar-refractivity contribution in [1.82, 2.24) is 4.90 Å². The van der Waals surface area contributed by atoms with Crippen molar-refractivity contribution in [1.29, 1.82) is 0 Å². The number of anilines is 1. The normalized spacial score (nSPS) is 16.8. The van der Waals surface area contributed by atoms with Crippen molar-refractivity contribution in [2.75, 3.05) is 32.6 Å². The number of hydrogen-bond acceptors (Lipinski definition) is 4. The molecule has 1 aliphatic heterocycles. The number of likely N-dealkylation sites (tertiary alicyclic amines) is 1. The summed E-state index contributed by atoms with van der Waals surface area (Å²) >= 11 is 12.4. The second-order valence-electron chi connectivity index (χ2n) is 6.72. The molecule has 7 heteroatoms. The van der Waals surface area contributed by atoms with E-state index >= 15 is 0 Å². The molecule has 1 aliphatic rings. The molecule has 0 saturated carbocycles. The Morgan fingerprint density at radius 1 is 1.14 bits per heavy atom. The fourth-order valence-electron chi connectivity index (χ4n) is 3.52. The summed E-state index contributed by atoms with van der Waals surface area (Å²) in [5.74, 6) is 1.35. The van der Waals surface area contributed by atoms with Gasteiger partial charge in [-0.05, 0) is 55.6 Å². The van der Waals surface area contributed by atoms with E-state index in [1.165, 1.54) is 0 Å². The highest BCUT2D eigenvalue weighted by Gasteiger charge is 2.31. The summed E-state index contributed by atoms with van der Waals surface area (Å²) < 4.78 is 10.7. The first-order chi connectivity index (χ1) is 13.5. The fourth-order valence-corrected chi connectivity index (χ4v) is 4.02. The molecule has 2 aromatic carbocycles. The number of para-hydroxylation sites is 1. The number of carbonyl (C=O) groups excluding carboxylic acids is 1. The molecule has 1 N–H and O–H groups in total. The van der Waals surface area contributed by atoms with Gasteiger partial charge in [0.25, 0.3) is 0 Å². The Morgan fingerprint density at radius 3 is 2.54 bits per heavy atom. The molecule has 3 rings (SSSR count). The van der Waals surface area contributed by atoms with Crippen molar-refractivity contribution in [3.63, 3.8) is 0 Å². The Balaban J connectivity index is 1.64. The van der Waals surface area contributed by atoms with Gasteiger partial charge in [-0.1, -0.05) is 35.3 Å². The maximum atomic E-state index is 12.8. The van der Waals surface area contributed by atoms with Gasteiger partial charge in [0, 0.05) is 6.54 Å². The fraction of sp³-hybridized carbons (Fsp3) is 0.381. The SMILES string of the molecule is COc1ccc(CCN2CCCC2C(=O)Nc2c(Cl)cccc2Cl)cc1OC. The van der Waals surface area contributed by atoms with Crippen molar-refractivity contribution in [2.24, 2.45) is 0 Å². The number of benzene rings is 2. The van der Waals surface area contributed by atoms with E-state index in [1.54, 1.807) is 32.4 Å². The molecule has 1 heterocycles.